The molecule has 1 aliphatic heterocycles. The molecule has 1 aliphatic rings. The molecular weight excluding hydrogens is 309 g/mol. The Kier molecular flexibility index (Phi) is 5.56. The van der Waals surface area contributed by atoms with Crippen LogP contribution in [-0.2, 0) is 11.2 Å². The van der Waals surface area contributed by atoms with Crippen LogP contribution in [0.1, 0.15) is 31.3 Å². The van der Waals surface area contributed by atoms with E-state index in [0.717, 1.165) is 12.1 Å². The molecule has 1 saturated heterocycles. The number of nitrogens with one attached hydrogen (secondary N) is 1. The first-order valence-corrected chi connectivity index (χ1v) is 7.71. The molecule has 8 heteroatoms. The molecule has 2 heterocycles. The lowest BCUT2D eigenvalue weighted by molar-refractivity contribution is -0.149. The van der Waals surface area contributed by atoms with Crippen LogP contribution in [0, 0.1) is 12.8 Å². The Morgan fingerprint density at radius 3 is 2.57 bits per heavy atom. The van der Waals surface area contributed by atoms with Crippen LogP contribution in [0.15, 0.2) is 6.07 Å². The van der Waals surface area contributed by atoms with E-state index in [2.05, 4.69) is 15.3 Å². The minimum absolute atomic E-state index is 0.184. The normalized spacial score (nSPS) is 17.3. The number of hydrogen-bond acceptors (Lipinski definition) is 4. The summed E-state index contributed by atoms with van der Waals surface area (Å²) in [6.07, 6.45) is -2.61. The fourth-order valence-corrected chi connectivity index (χ4v) is 2.71. The second-order valence-electron chi connectivity index (χ2n) is 5.80. The zero-order chi connectivity index (χ0) is 17.0. The number of rotatable bonds is 4. The van der Waals surface area contributed by atoms with E-state index >= 15 is 0 Å². The lowest BCUT2D eigenvalue weighted by Gasteiger charge is -2.31. The molecule has 1 amide bonds. The fraction of sp³-hybridized carbons (Fsp3) is 0.667. The summed E-state index contributed by atoms with van der Waals surface area (Å²) in [6, 6.07) is 1.73. The van der Waals surface area contributed by atoms with Crippen molar-refractivity contribution in [1.29, 1.82) is 0 Å². The Bertz CT molecular complexity index is 554. The number of hydrogen-bond donors (Lipinski definition) is 1. The predicted molar refractivity (Wildman–Crippen MR) is 80.0 cm³/mol. The van der Waals surface area contributed by atoms with E-state index in [1.54, 1.807) is 13.0 Å². The number of carbonyl (C=O) groups is 1. The molecule has 0 bridgehead atoms. The third-order valence-corrected chi connectivity index (χ3v) is 3.87. The van der Waals surface area contributed by atoms with E-state index < -0.39 is 12.7 Å². The van der Waals surface area contributed by atoms with E-state index in [-0.39, 0.29) is 24.9 Å². The van der Waals surface area contributed by atoms with Gasteiger partial charge in [-0.2, -0.15) is 13.2 Å². The highest BCUT2D eigenvalue weighted by atomic mass is 19.4. The first-order chi connectivity index (χ1) is 10.8. The Balaban J connectivity index is 1.89. The predicted octanol–water partition coefficient (Wildman–Crippen LogP) is 2.56. The lowest BCUT2D eigenvalue weighted by Crippen LogP contribution is -2.42. The van der Waals surface area contributed by atoms with Crippen LogP contribution in [-0.4, -0.2) is 46.6 Å². The minimum atomic E-state index is -4.19. The van der Waals surface area contributed by atoms with Crippen molar-refractivity contribution < 1.29 is 18.0 Å². The molecule has 5 nitrogen and oxygen atoms in total. The molecule has 1 fully saturated rings. The summed E-state index contributed by atoms with van der Waals surface area (Å²) in [7, 11) is 0. The monoisotopic (exact) mass is 330 g/mol. The fourth-order valence-electron chi connectivity index (χ4n) is 2.71. The minimum Gasteiger partial charge on any atom is -0.310 e. The van der Waals surface area contributed by atoms with Gasteiger partial charge < -0.3 is 5.32 Å². The van der Waals surface area contributed by atoms with Gasteiger partial charge in [-0.1, -0.05) is 6.92 Å². The van der Waals surface area contributed by atoms with Crippen molar-refractivity contribution in [1.82, 2.24) is 14.9 Å². The molecule has 1 aromatic heterocycles. The topological polar surface area (TPSA) is 58.1 Å². The van der Waals surface area contributed by atoms with Gasteiger partial charge >= 0.3 is 6.18 Å². The number of halogens is 3. The van der Waals surface area contributed by atoms with Gasteiger partial charge in [-0.05, 0) is 39.3 Å². The molecule has 0 saturated carbocycles. The number of anilines is 1. The van der Waals surface area contributed by atoms with Crippen LogP contribution in [0.4, 0.5) is 19.0 Å². The van der Waals surface area contributed by atoms with Gasteiger partial charge in [0.25, 0.3) is 0 Å². The number of aryl methyl sites for hydroxylation is 2. The van der Waals surface area contributed by atoms with Gasteiger partial charge in [0.15, 0.2) is 0 Å². The summed E-state index contributed by atoms with van der Waals surface area (Å²) < 4.78 is 37.1. The van der Waals surface area contributed by atoms with Gasteiger partial charge in [0.05, 0.1) is 6.54 Å². The molecule has 0 unspecified atom stereocenters. The van der Waals surface area contributed by atoms with Crippen LogP contribution in [0.3, 0.4) is 0 Å². The lowest BCUT2D eigenvalue weighted by atomic mass is 9.96. The summed E-state index contributed by atoms with van der Waals surface area (Å²) in [5, 5.41) is 2.76. The highest BCUT2D eigenvalue weighted by Crippen LogP contribution is 2.23. The quantitative estimate of drug-likeness (QED) is 0.922. The van der Waals surface area contributed by atoms with Crippen molar-refractivity contribution in [2.75, 3.05) is 25.0 Å². The number of amides is 1. The number of alkyl halides is 3. The first-order valence-electron chi connectivity index (χ1n) is 7.71. The van der Waals surface area contributed by atoms with Gasteiger partial charge in [-0.25, -0.2) is 9.97 Å². The summed E-state index contributed by atoms with van der Waals surface area (Å²) in [4.78, 5) is 22.0. The molecule has 0 aliphatic carbocycles. The molecular formula is C15H21F3N4O. The molecule has 0 radical (unpaired) electrons. The Labute approximate surface area is 133 Å². The molecule has 1 aromatic rings. The Morgan fingerprint density at radius 1 is 1.35 bits per heavy atom. The first kappa shape index (κ1) is 17.7. The molecule has 2 rings (SSSR count). The molecule has 23 heavy (non-hydrogen) atoms. The summed E-state index contributed by atoms with van der Waals surface area (Å²) in [5.41, 5.74) is 0.841. The van der Waals surface area contributed by atoms with Gasteiger partial charge in [-0.15, -0.1) is 0 Å². The Morgan fingerprint density at radius 2 is 2.00 bits per heavy atom. The van der Waals surface area contributed by atoms with E-state index in [9.17, 15) is 18.0 Å². The molecule has 0 aromatic carbocycles. The van der Waals surface area contributed by atoms with Crippen molar-refractivity contribution in [3.05, 3.63) is 17.6 Å². The van der Waals surface area contributed by atoms with Crippen LogP contribution >= 0.6 is 0 Å². The standard InChI is InChI=1S/C15H21F3N4O/c1-3-12-8-13(20-10(2)19-12)21-14(23)11-4-6-22(7-5-11)9-15(16,17)18/h8,11H,3-7,9H2,1-2H3,(H,19,20,21,23). The van der Waals surface area contributed by atoms with Gasteiger partial charge in [0.2, 0.25) is 5.91 Å². The van der Waals surface area contributed by atoms with E-state index in [1.807, 2.05) is 6.92 Å². The van der Waals surface area contributed by atoms with Crippen LogP contribution < -0.4 is 5.32 Å². The van der Waals surface area contributed by atoms with Crippen molar-refractivity contribution in [2.45, 2.75) is 39.3 Å². The number of carbonyl (C=O) groups excluding carboxylic acids is 1. The van der Waals surface area contributed by atoms with E-state index in [0.29, 0.717) is 24.5 Å². The average molecular weight is 330 g/mol. The summed E-state index contributed by atoms with van der Waals surface area (Å²) >= 11 is 0. The van der Waals surface area contributed by atoms with Crippen molar-refractivity contribution >= 4 is 11.7 Å². The van der Waals surface area contributed by atoms with Gasteiger partial charge in [0.1, 0.15) is 11.6 Å². The van der Waals surface area contributed by atoms with Gasteiger partial charge in [0, 0.05) is 17.7 Å². The number of likely N-dealkylation sites (tertiary alicyclic amines) is 1. The van der Waals surface area contributed by atoms with Gasteiger partial charge in [-0.3, -0.25) is 9.69 Å². The maximum Gasteiger partial charge on any atom is 0.401 e. The maximum atomic E-state index is 12.4. The van der Waals surface area contributed by atoms with Crippen LogP contribution in [0.25, 0.3) is 0 Å². The maximum absolute atomic E-state index is 12.4. The zero-order valence-corrected chi connectivity index (χ0v) is 13.3. The zero-order valence-electron chi connectivity index (χ0n) is 13.3. The Hall–Kier alpha value is -1.70. The molecule has 0 spiro atoms. The van der Waals surface area contributed by atoms with Crippen molar-refractivity contribution in [2.24, 2.45) is 5.92 Å². The van der Waals surface area contributed by atoms with Crippen molar-refractivity contribution in [3.8, 4) is 0 Å². The number of piperidine rings is 1. The number of nitrogens with zero attached hydrogens (tertiary/aromatic N) is 3. The van der Waals surface area contributed by atoms with E-state index in [1.165, 1.54) is 4.90 Å². The van der Waals surface area contributed by atoms with Crippen LogP contribution in [0.5, 0.6) is 0 Å². The third-order valence-electron chi connectivity index (χ3n) is 3.87. The van der Waals surface area contributed by atoms with E-state index in [4.69, 9.17) is 0 Å². The van der Waals surface area contributed by atoms with Crippen molar-refractivity contribution in [3.63, 3.8) is 0 Å². The SMILES string of the molecule is CCc1cc(NC(=O)C2CCN(CC(F)(F)F)CC2)nc(C)n1. The second-order valence-corrected chi connectivity index (χ2v) is 5.80. The average Bonchev–Trinajstić information content (AvgIpc) is 2.45. The highest BCUT2D eigenvalue weighted by Gasteiger charge is 2.33. The highest BCUT2D eigenvalue weighted by molar-refractivity contribution is 5.91. The third kappa shape index (κ3) is 5.46. The van der Waals surface area contributed by atoms with Crippen LogP contribution in [0.2, 0.25) is 0 Å². The smallest absolute Gasteiger partial charge is 0.310 e. The molecule has 1 N–H and O–H groups in total. The molecule has 128 valence electrons. The second kappa shape index (κ2) is 7.25. The summed E-state index contributed by atoms with van der Waals surface area (Å²) in [6.45, 7) is 3.36. The largest absolute Gasteiger partial charge is 0.401 e. The number of aromatic nitrogens is 2. The molecule has 0 atom stereocenters. The summed E-state index contributed by atoms with van der Waals surface area (Å²) in [5.74, 6) is 0.577.